The Morgan fingerprint density at radius 1 is 1.35 bits per heavy atom. The lowest BCUT2D eigenvalue weighted by molar-refractivity contribution is -0.142. The standard InChI is InChI=1S/C15H25NO4/c1-11(2)10-19-13(17)12-8-6-7-9-16(12)14(18)20-15(3,4)5/h8,11H,6-7,9-10H2,1-5H3. The molecule has 0 unspecified atom stereocenters. The largest absolute Gasteiger partial charge is 0.461 e. The normalized spacial score (nSPS) is 15.9. The van der Waals surface area contributed by atoms with E-state index in [4.69, 9.17) is 9.47 Å². The molecule has 0 spiro atoms. The van der Waals surface area contributed by atoms with E-state index in [9.17, 15) is 9.59 Å². The van der Waals surface area contributed by atoms with Gasteiger partial charge >= 0.3 is 12.1 Å². The second kappa shape index (κ2) is 6.77. The lowest BCUT2D eigenvalue weighted by atomic mass is 10.1. The Labute approximate surface area is 120 Å². The number of carbonyl (C=O) groups is 2. The van der Waals surface area contributed by atoms with E-state index in [-0.39, 0.29) is 5.92 Å². The molecule has 0 aromatic heterocycles. The van der Waals surface area contributed by atoms with Gasteiger partial charge in [0.25, 0.3) is 0 Å². The van der Waals surface area contributed by atoms with Crippen molar-refractivity contribution in [2.75, 3.05) is 13.2 Å². The maximum Gasteiger partial charge on any atom is 0.415 e. The molecule has 0 aromatic rings. The number of hydrogen-bond donors (Lipinski definition) is 0. The monoisotopic (exact) mass is 283 g/mol. The minimum atomic E-state index is -0.582. The van der Waals surface area contributed by atoms with Gasteiger partial charge < -0.3 is 9.47 Å². The third-order valence-corrected chi connectivity index (χ3v) is 2.59. The molecular formula is C15H25NO4. The van der Waals surface area contributed by atoms with E-state index in [2.05, 4.69) is 0 Å². The molecule has 0 N–H and O–H groups in total. The summed E-state index contributed by atoms with van der Waals surface area (Å²) in [6, 6.07) is 0. The van der Waals surface area contributed by atoms with Gasteiger partial charge in [0.2, 0.25) is 0 Å². The van der Waals surface area contributed by atoms with Crippen molar-refractivity contribution in [1.29, 1.82) is 0 Å². The Kier molecular flexibility index (Phi) is 5.60. The maximum absolute atomic E-state index is 12.1. The molecule has 114 valence electrons. The fourth-order valence-corrected chi connectivity index (χ4v) is 1.74. The average Bonchev–Trinajstić information content (AvgIpc) is 2.33. The molecular weight excluding hydrogens is 258 g/mol. The Hall–Kier alpha value is -1.52. The number of amides is 1. The summed E-state index contributed by atoms with van der Waals surface area (Å²) in [6.45, 7) is 10.2. The smallest absolute Gasteiger partial charge is 0.415 e. The zero-order valence-corrected chi connectivity index (χ0v) is 13.1. The molecule has 1 aliphatic heterocycles. The lowest BCUT2D eigenvalue weighted by Crippen LogP contribution is -2.40. The van der Waals surface area contributed by atoms with Gasteiger partial charge in [0.15, 0.2) is 0 Å². The summed E-state index contributed by atoms with van der Waals surface area (Å²) in [4.78, 5) is 25.5. The van der Waals surface area contributed by atoms with Gasteiger partial charge in [-0.25, -0.2) is 9.59 Å². The topological polar surface area (TPSA) is 55.8 Å². The number of hydrogen-bond acceptors (Lipinski definition) is 4. The molecule has 0 atom stereocenters. The zero-order valence-electron chi connectivity index (χ0n) is 13.1. The fourth-order valence-electron chi connectivity index (χ4n) is 1.74. The summed E-state index contributed by atoms with van der Waals surface area (Å²) in [5.74, 6) is -0.192. The maximum atomic E-state index is 12.1. The van der Waals surface area contributed by atoms with Crippen molar-refractivity contribution in [3.63, 3.8) is 0 Å². The first-order valence-corrected chi connectivity index (χ1v) is 7.08. The van der Waals surface area contributed by atoms with Gasteiger partial charge in [0, 0.05) is 6.54 Å². The van der Waals surface area contributed by atoms with Crippen LogP contribution in [-0.2, 0) is 14.3 Å². The van der Waals surface area contributed by atoms with E-state index in [0.29, 0.717) is 18.8 Å². The zero-order chi connectivity index (χ0) is 15.3. The van der Waals surface area contributed by atoms with Gasteiger partial charge in [0.05, 0.1) is 6.61 Å². The number of ether oxygens (including phenoxy) is 2. The van der Waals surface area contributed by atoms with Crippen LogP contribution in [0.15, 0.2) is 11.8 Å². The summed E-state index contributed by atoms with van der Waals surface area (Å²) >= 11 is 0. The van der Waals surface area contributed by atoms with Gasteiger partial charge in [-0.15, -0.1) is 0 Å². The van der Waals surface area contributed by atoms with Gasteiger partial charge in [0.1, 0.15) is 11.3 Å². The highest BCUT2D eigenvalue weighted by molar-refractivity contribution is 5.92. The van der Waals surface area contributed by atoms with Gasteiger partial charge in [-0.3, -0.25) is 4.90 Å². The van der Waals surface area contributed by atoms with Crippen LogP contribution in [0.2, 0.25) is 0 Å². The minimum absolute atomic E-state index is 0.262. The summed E-state index contributed by atoms with van der Waals surface area (Å²) < 4.78 is 10.5. The van der Waals surface area contributed by atoms with Crippen molar-refractivity contribution in [2.24, 2.45) is 5.92 Å². The summed E-state index contributed by atoms with van der Waals surface area (Å²) in [7, 11) is 0. The van der Waals surface area contributed by atoms with Crippen LogP contribution < -0.4 is 0 Å². The van der Waals surface area contributed by atoms with Crippen LogP contribution in [0.5, 0.6) is 0 Å². The number of esters is 1. The first-order chi connectivity index (χ1) is 9.20. The van der Waals surface area contributed by atoms with Crippen molar-refractivity contribution in [3.8, 4) is 0 Å². The molecule has 1 heterocycles. The summed E-state index contributed by atoms with van der Waals surface area (Å²) in [5, 5.41) is 0. The van der Waals surface area contributed by atoms with Crippen LogP contribution in [0.3, 0.4) is 0 Å². The van der Waals surface area contributed by atoms with E-state index < -0.39 is 17.7 Å². The lowest BCUT2D eigenvalue weighted by Gasteiger charge is -2.30. The Balaban J connectivity index is 2.74. The Morgan fingerprint density at radius 3 is 2.55 bits per heavy atom. The molecule has 0 fully saturated rings. The Morgan fingerprint density at radius 2 is 2.00 bits per heavy atom. The van der Waals surface area contributed by atoms with Crippen LogP contribution >= 0.6 is 0 Å². The molecule has 0 saturated carbocycles. The molecule has 1 aliphatic rings. The number of allylic oxidation sites excluding steroid dienone is 1. The third-order valence-electron chi connectivity index (χ3n) is 2.59. The predicted molar refractivity (Wildman–Crippen MR) is 76.1 cm³/mol. The first kappa shape index (κ1) is 16.5. The molecule has 5 nitrogen and oxygen atoms in total. The van der Waals surface area contributed by atoms with Crippen LogP contribution in [0.25, 0.3) is 0 Å². The second-order valence-electron chi connectivity index (χ2n) is 6.36. The van der Waals surface area contributed by atoms with E-state index in [0.717, 1.165) is 12.8 Å². The molecule has 0 aromatic carbocycles. The van der Waals surface area contributed by atoms with Crippen LogP contribution in [-0.4, -0.2) is 35.7 Å². The fraction of sp³-hybridized carbons (Fsp3) is 0.733. The van der Waals surface area contributed by atoms with E-state index >= 15 is 0 Å². The molecule has 0 aliphatic carbocycles. The number of rotatable bonds is 3. The highest BCUT2D eigenvalue weighted by Crippen LogP contribution is 2.20. The SMILES string of the molecule is CC(C)COC(=O)C1=CCCCN1C(=O)OC(C)(C)C. The van der Waals surface area contributed by atoms with Crippen molar-refractivity contribution >= 4 is 12.1 Å². The first-order valence-electron chi connectivity index (χ1n) is 7.08. The van der Waals surface area contributed by atoms with Crippen molar-refractivity contribution < 1.29 is 19.1 Å². The van der Waals surface area contributed by atoms with E-state index in [1.807, 2.05) is 13.8 Å². The highest BCUT2D eigenvalue weighted by atomic mass is 16.6. The van der Waals surface area contributed by atoms with E-state index in [1.165, 1.54) is 4.90 Å². The van der Waals surface area contributed by atoms with E-state index in [1.54, 1.807) is 26.8 Å². The number of nitrogens with zero attached hydrogens (tertiary/aromatic N) is 1. The molecule has 20 heavy (non-hydrogen) atoms. The van der Waals surface area contributed by atoms with Gasteiger partial charge in [-0.05, 0) is 39.5 Å². The molecule has 5 heteroatoms. The Bertz CT molecular complexity index is 393. The quantitative estimate of drug-likeness (QED) is 0.747. The molecule has 1 rings (SSSR count). The van der Waals surface area contributed by atoms with Crippen LogP contribution in [0.4, 0.5) is 4.79 Å². The minimum Gasteiger partial charge on any atom is -0.461 e. The molecule has 1 amide bonds. The predicted octanol–water partition coefficient (Wildman–Crippen LogP) is 3.10. The van der Waals surface area contributed by atoms with Gasteiger partial charge in [-0.2, -0.15) is 0 Å². The van der Waals surface area contributed by atoms with Crippen molar-refractivity contribution in [3.05, 3.63) is 11.8 Å². The summed E-state index contributed by atoms with van der Waals surface area (Å²) in [5.41, 5.74) is -0.285. The highest BCUT2D eigenvalue weighted by Gasteiger charge is 2.30. The second-order valence-corrected chi connectivity index (χ2v) is 6.36. The van der Waals surface area contributed by atoms with Crippen molar-refractivity contribution in [1.82, 2.24) is 4.90 Å². The van der Waals surface area contributed by atoms with Crippen LogP contribution in [0.1, 0.15) is 47.5 Å². The van der Waals surface area contributed by atoms with Crippen molar-refractivity contribution in [2.45, 2.75) is 53.1 Å². The molecule has 0 bridgehead atoms. The number of carbonyl (C=O) groups excluding carboxylic acids is 2. The molecule has 0 radical (unpaired) electrons. The van der Waals surface area contributed by atoms with Crippen LogP contribution in [0, 0.1) is 5.92 Å². The van der Waals surface area contributed by atoms with Gasteiger partial charge in [-0.1, -0.05) is 19.9 Å². The summed E-state index contributed by atoms with van der Waals surface area (Å²) in [6.07, 6.45) is 2.84. The average molecular weight is 283 g/mol. The third kappa shape index (κ3) is 5.23. The molecule has 0 saturated heterocycles.